The first-order valence-electron chi connectivity index (χ1n) is 11.9. The van der Waals surface area contributed by atoms with Gasteiger partial charge in [-0.25, -0.2) is 34.5 Å². The van der Waals surface area contributed by atoms with E-state index >= 15 is 0 Å². The summed E-state index contributed by atoms with van der Waals surface area (Å²) in [6.07, 6.45) is -1.92. The summed E-state index contributed by atoms with van der Waals surface area (Å²) < 4.78 is 32.0. The van der Waals surface area contributed by atoms with Crippen molar-refractivity contribution < 1.29 is 38.6 Å². The Balaban J connectivity index is 1.23. The zero-order valence-electron chi connectivity index (χ0n) is 20.1. The van der Waals surface area contributed by atoms with Gasteiger partial charge in [0.05, 0.1) is 24.9 Å². The number of imidazole rings is 2. The van der Waals surface area contributed by atoms with Gasteiger partial charge in [-0.1, -0.05) is 0 Å². The van der Waals surface area contributed by atoms with E-state index in [0.717, 1.165) is 0 Å². The van der Waals surface area contributed by atoms with Crippen molar-refractivity contribution >= 4 is 41.8 Å². The van der Waals surface area contributed by atoms with Gasteiger partial charge in [0.25, 0.3) is 0 Å². The Morgan fingerprint density at radius 3 is 2.18 bits per heavy atom. The van der Waals surface area contributed by atoms with E-state index in [-0.39, 0.29) is 18.1 Å². The van der Waals surface area contributed by atoms with Gasteiger partial charge in [-0.15, -0.1) is 0 Å². The highest BCUT2D eigenvalue weighted by Crippen LogP contribution is 2.45. The number of fused-ring (bicyclic) bond motifs is 2. The number of phosphoric ester groups is 1. The molecule has 2 aliphatic heterocycles. The molecule has 2 unspecified atom stereocenters. The molecule has 8 N–H and O–H groups in total. The average molecular weight is 564 g/mol. The Bertz CT molecular complexity index is 1560. The van der Waals surface area contributed by atoms with Crippen molar-refractivity contribution in [1.82, 2.24) is 39.0 Å². The van der Waals surface area contributed by atoms with Crippen LogP contribution in [0.1, 0.15) is 31.7 Å². The summed E-state index contributed by atoms with van der Waals surface area (Å²) in [5.74, 6) is 0.337. The van der Waals surface area contributed by atoms with E-state index in [2.05, 4.69) is 29.9 Å². The summed E-state index contributed by atoms with van der Waals surface area (Å²) in [4.78, 5) is 43.7. The largest absolute Gasteiger partial charge is 0.470 e. The number of hydrogen-bond donors (Lipinski definition) is 6. The van der Waals surface area contributed by atoms with Crippen LogP contribution in [0.2, 0.25) is 0 Å². The van der Waals surface area contributed by atoms with Crippen LogP contribution in [0.25, 0.3) is 22.3 Å². The fraction of sp³-hybridized carbons (Fsp3) is 0.500. The molecule has 0 bridgehead atoms. The number of nitrogens with two attached hydrogens (primary N) is 2. The topological polar surface area (TPSA) is 265 Å². The van der Waals surface area contributed by atoms with Crippen LogP contribution >= 0.6 is 7.82 Å². The lowest BCUT2D eigenvalue weighted by atomic mass is 9.98. The van der Waals surface area contributed by atoms with E-state index in [1.54, 1.807) is 4.57 Å². The van der Waals surface area contributed by atoms with E-state index in [0.29, 0.717) is 35.2 Å². The third-order valence-electron chi connectivity index (χ3n) is 6.85. The van der Waals surface area contributed by atoms with Gasteiger partial charge < -0.3 is 40.9 Å². The molecular weight excluding hydrogens is 539 g/mol. The zero-order valence-corrected chi connectivity index (χ0v) is 21.0. The highest BCUT2D eigenvalue weighted by atomic mass is 31.2. The molecule has 0 amide bonds. The summed E-state index contributed by atoms with van der Waals surface area (Å²) in [5.41, 5.74) is 13.1. The first kappa shape index (κ1) is 25.9. The van der Waals surface area contributed by atoms with Crippen LogP contribution in [0.3, 0.4) is 0 Å². The van der Waals surface area contributed by atoms with E-state index in [9.17, 15) is 24.6 Å². The maximum absolute atomic E-state index is 11.9. The molecule has 208 valence electrons. The number of rotatable bonds is 7. The van der Waals surface area contributed by atoms with Crippen LogP contribution in [-0.2, 0) is 18.6 Å². The van der Waals surface area contributed by atoms with Crippen molar-refractivity contribution in [2.45, 2.75) is 62.2 Å². The highest BCUT2D eigenvalue weighted by Gasteiger charge is 2.48. The maximum atomic E-state index is 11.9. The smallest absolute Gasteiger partial charge is 0.388 e. The predicted octanol–water partition coefficient (Wildman–Crippen LogP) is -1.00. The normalized spacial score (nSPS) is 27.4. The molecular formula is C20H25N10O8P. The summed E-state index contributed by atoms with van der Waals surface area (Å²) in [6, 6.07) is 0. The molecule has 2 aliphatic rings. The molecule has 6 heterocycles. The molecule has 7 atom stereocenters. The van der Waals surface area contributed by atoms with Crippen molar-refractivity contribution in [3.05, 3.63) is 25.3 Å². The molecule has 0 spiro atoms. The molecule has 2 saturated heterocycles. The van der Waals surface area contributed by atoms with Crippen molar-refractivity contribution in [1.29, 1.82) is 0 Å². The maximum Gasteiger partial charge on any atom is 0.470 e. The van der Waals surface area contributed by atoms with Gasteiger partial charge in [-0.05, 0) is 12.8 Å². The minimum Gasteiger partial charge on any atom is -0.388 e. The van der Waals surface area contributed by atoms with Crippen LogP contribution in [0, 0.1) is 0 Å². The molecule has 6 rings (SSSR count). The van der Waals surface area contributed by atoms with Gasteiger partial charge in [-0.3, -0.25) is 13.7 Å². The second-order valence-corrected chi connectivity index (χ2v) is 10.5. The van der Waals surface area contributed by atoms with E-state index in [1.807, 2.05) is 0 Å². The minimum atomic E-state index is -5.09. The van der Waals surface area contributed by atoms with Crippen LogP contribution in [0.4, 0.5) is 11.6 Å². The van der Waals surface area contributed by atoms with Gasteiger partial charge in [0.2, 0.25) is 0 Å². The SMILES string of the molecule is Nc1ncnc2c1ncn2[C@@H]1O[C@H](C(OP(=O)(O)O)C(O)[C@@H]2CC[C@H](n3cnc4c(N)ncnc43)O2)C[C@H]1O. The van der Waals surface area contributed by atoms with Gasteiger partial charge in [-0.2, -0.15) is 0 Å². The third-order valence-corrected chi connectivity index (χ3v) is 7.37. The highest BCUT2D eigenvalue weighted by molar-refractivity contribution is 7.46. The molecule has 0 radical (unpaired) electrons. The van der Waals surface area contributed by atoms with Crippen molar-refractivity contribution in [2.75, 3.05) is 11.5 Å². The van der Waals surface area contributed by atoms with Crippen molar-refractivity contribution in [3.63, 3.8) is 0 Å². The van der Waals surface area contributed by atoms with Crippen LogP contribution in [-0.4, -0.2) is 89.6 Å². The Morgan fingerprint density at radius 1 is 0.923 bits per heavy atom. The summed E-state index contributed by atoms with van der Waals surface area (Å²) in [7, 11) is -5.09. The molecule has 0 aromatic carbocycles. The first-order valence-corrected chi connectivity index (χ1v) is 13.4. The Kier molecular flexibility index (Phi) is 6.43. The first-order chi connectivity index (χ1) is 18.6. The van der Waals surface area contributed by atoms with E-state index in [1.165, 1.54) is 29.9 Å². The fourth-order valence-electron chi connectivity index (χ4n) is 5.10. The lowest BCUT2D eigenvalue weighted by molar-refractivity contribution is -0.142. The molecule has 0 aliphatic carbocycles. The molecule has 0 saturated carbocycles. The van der Waals surface area contributed by atoms with Crippen LogP contribution in [0.15, 0.2) is 25.3 Å². The van der Waals surface area contributed by atoms with E-state index < -0.39 is 50.8 Å². The van der Waals surface area contributed by atoms with Crippen molar-refractivity contribution in [2.24, 2.45) is 0 Å². The average Bonchev–Trinajstić information content (AvgIpc) is 3.67. The second-order valence-electron chi connectivity index (χ2n) is 9.29. The second kappa shape index (κ2) is 9.68. The Labute approximate surface area is 218 Å². The summed E-state index contributed by atoms with van der Waals surface area (Å²) >= 11 is 0. The van der Waals surface area contributed by atoms with Gasteiger partial charge >= 0.3 is 7.82 Å². The molecule has 2 fully saturated rings. The van der Waals surface area contributed by atoms with Crippen LogP contribution in [0.5, 0.6) is 0 Å². The number of ether oxygens (including phenoxy) is 2. The number of anilines is 2. The van der Waals surface area contributed by atoms with Crippen molar-refractivity contribution in [3.8, 4) is 0 Å². The number of aliphatic hydroxyl groups excluding tert-OH is 2. The number of hydrogen-bond acceptors (Lipinski definition) is 14. The van der Waals surface area contributed by atoms with E-state index in [4.69, 9.17) is 25.5 Å². The molecule has 39 heavy (non-hydrogen) atoms. The molecule has 4 aromatic heterocycles. The number of aliphatic hydroxyl groups is 2. The fourth-order valence-corrected chi connectivity index (χ4v) is 5.68. The summed E-state index contributed by atoms with van der Waals surface area (Å²) in [6.45, 7) is 0. The Morgan fingerprint density at radius 2 is 1.54 bits per heavy atom. The Hall–Kier alpha value is -3.35. The number of phosphoric acid groups is 1. The monoisotopic (exact) mass is 564 g/mol. The van der Waals surface area contributed by atoms with Gasteiger partial charge in [0.1, 0.15) is 48.2 Å². The number of nitrogens with zero attached hydrogens (tertiary/aromatic N) is 8. The number of nitrogen functional groups attached to an aromatic ring is 2. The standard InChI is InChI=1S/C20H25N10O8P/c21-16-12-18(25-4-23-16)29(6-27-12)11-2-1-9(36-11)14(32)15(38-39(33,34)35)10-3-8(31)20(37-10)30-7-28-13-17(22)24-5-26-19(13)30/h4-11,14-15,20,31-32H,1-3H2,(H2,21,23,25)(H2,22,24,26)(H2,33,34,35)/t8-,9+,10+,11-,14?,15?,20-/m1/s1. The minimum absolute atomic E-state index is 0.120. The van der Waals surface area contributed by atoms with Gasteiger partial charge in [0, 0.05) is 6.42 Å². The molecule has 18 nitrogen and oxygen atoms in total. The predicted molar refractivity (Wildman–Crippen MR) is 130 cm³/mol. The van der Waals surface area contributed by atoms with Gasteiger partial charge in [0.15, 0.2) is 29.2 Å². The zero-order chi connectivity index (χ0) is 27.5. The molecule has 19 heteroatoms. The number of aromatic nitrogens is 8. The summed E-state index contributed by atoms with van der Waals surface area (Å²) in [5, 5.41) is 22.0. The van der Waals surface area contributed by atoms with Crippen LogP contribution < -0.4 is 11.5 Å². The third kappa shape index (κ3) is 4.70. The lowest BCUT2D eigenvalue weighted by Crippen LogP contribution is -2.45. The molecule has 4 aromatic rings. The lowest BCUT2D eigenvalue weighted by Gasteiger charge is -2.31. The quantitative estimate of drug-likeness (QED) is 0.147.